The van der Waals surface area contributed by atoms with E-state index in [9.17, 15) is 24.5 Å². The van der Waals surface area contributed by atoms with Crippen LogP contribution in [0.25, 0.3) is 0 Å². The fourth-order valence-electron chi connectivity index (χ4n) is 4.92. The Morgan fingerprint density at radius 3 is 2.55 bits per heavy atom. The van der Waals surface area contributed by atoms with Crippen LogP contribution in [0.1, 0.15) is 71.4 Å². The van der Waals surface area contributed by atoms with Gasteiger partial charge in [0.2, 0.25) is 5.91 Å². The molecule has 1 spiro atoms. The molecule has 3 rings (SSSR count). The van der Waals surface area contributed by atoms with Gasteiger partial charge in [0.15, 0.2) is 0 Å². The average molecular weight is 459 g/mol. The number of likely N-dealkylation sites (N-methyl/N-ethyl adjacent to an activating group) is 1. The van der Waals surface area contributed by atoms with Gasteiger partial charge in [0, 0.05) is 19.2 Å². The Kier molecular flexibility index (Phi) is 6.81. The van der Waals surface area contributed by atoms with E-state index in [2.05, 4.69) is 26.1 Å². The summed E-state index contributed by atoms with van der Waals surface area (Å²) in [6, 6.07) is 5.10. The number of benzene rings is 1. The van der Waals surface area contributed by atoms with Crippen molar-refractivity contribution in [2.75, 3.05) is 13.6 Å². The highest BCUT2D eigenvalue weighted by molar-refractivity contribution is 6.09. The van der Waals surface area contributed by atoms with E-state index in [4.69, 9.17) is 0 Å². The van der Waals surface area contributed by atoms with E-state index in [1.807, 2.05) is 0 Å². The Hall–Kier alpha value is -2.97. The third kappa shape index (κ3) is 4.72. The second kappa shape index (κ2) is 9.11. The first-order valence-corrected chi connectivity index (χ1v) is 11.6. The standard InChI is InChI=1S/C24H34N4O5/c1-6-23(3,4)18-10-12-24(13-11-18)21(30)27(22(31)25-24)15-20(29)26(5)16(2)17-8-7-9-19(14-17)28(32)33/h7-9,14,16,18H,6,10-13,15H2,1-5H3,(H,25,31). The van der Waals surface area contributed by atoms with Crippen LogP contribution in [0.4, 0.5) is 10.5 Å². The lowest BCUT2D eigenvalue weighted by Crippen LogP contribution is -2.51. The van der Waals surface area contributed by atoms with E-state index in [0.29, 0.717) is 24.3 Å². The zero-order chi connectivity index (χ0) is 24.6. The lowest BCUT2D eigenvalue weighted by molar-refractivity contribution is -0.384. The van der Waals surface area contributed by atoms with Gasteiger partial charge in [-0.1, -0.05) is 39.3 Å². The number of hydrogen-bond donors (Lipinski definition) is 1. The maximum atomic E-state index is 13.2. The molecule has 1 saturated carbocycles. The molecular formula is C24H34N4O5. The van der Waals surface area contributed by atoms with Crippen molar-refractivity contribution in [3.05, 3.63) is 39.9 Å². The minimum atomic E-state index is -0.915. The Balaban J connectivity index is 1.67. The number of nitro benzene ring substituents is 1. The normalized spacial score (nSPS) is 24.0. The van der Waals surface area contributed by atoms with E-state index in [1.54, 1.807) is 26.1 Å². The van der Waals surface area contributed by atoms with Crippen LogP contribution in [0.3, 0.4) is 0 Å². The third-order valence-electron chi connectivity index (χ3n) is 7.93. The number of nitro groups is 1. The Labute approximate surface area is 194 Å². The van der Waals surface area contributed by atoms with Crippen molar-refractivity contribution in [2.45, 2.75) is 71.4 Å². The molecule has 9 heteroatoms. The lowest BCUT2D eigenvalue weighted by atomic mass is 9.65. The maximum Gasteiger partial charge on any atom is 0.325 e. The van der Waals surface area contributed by atoms with E-state index < -0.39 is 28.4 Å². The molecule has 0 aromatic heterocycles. The number of nitrogens with zero attached hydrogens (tertiary/aromatic N) is 3. The summed E-state index contributed by atoms with van der Waals surface area (Å²) in [6.07, 6.45) is 3.93. The molecule has 2 aliphatic rings. The molecule has 1 aromatic rings. The molecule has 1 unspecified atom stereocenters. The zero-order valence-corrected chi connectivity index (χ0v) is 20.1. The van der Waals surface area contributed by atoms with Crippen molar-refractivity contribution >= 4 is 23.5 Å². The Morgan fingerprint density at radius 2 is 1.97 bits per heavy atom. The number of carbonyl (C=O) groups excluding carboxylic acids is 3. The summed E-state index contributed by atoms with van der Waals surface area (Å²) < 4.78 is 0. The van der Waals surface area contributed by atoms with E-state index in [0.717, 1.165) is 24.2 Å². The van der Waals surface area contributed by atoms with Crippen LogP contribution in [-0.2, 0) is 9.59 Å². The van der Waals surface area contributed by atoms with E-state index >= 15 is 0 Å². The zero-order valence-electron chi connectivity index (χ0n) is 20.1. The van der Waals surface area contributed by atoms with Crippen LogP contribution in [-0.4, -0.2) is 51.7 Å². The van der Waals surface area contributed by atoms with Gasteiger partial charge in [0.1, 0.15) is 12.1 Å². The van der Waals surface area contributed by atoms with Crippen molar-refractivity contribution in [3.8, 4) is 0 Å². The topological polar surface area (TPSA) is 113 Å². The number of nitrogens with one attached hydrogen (secondary N) is 1. The lowest BCUT2D eigenvalue weighted by Gasteiger charge is -2.42. The summed E-state index contributed by atoms with van der Waals surface area (Å²) in [7, 11) is 1.57. The highest BCUT2D eigenvalue weighted by Crippen LogP contribution is 2.45. The van der Waals surface area contributed by atoms with Gasteiger partial charge in [-0.05, 0) is 49.5 Å². The van der Waals surface area contributed by atoms with Gasteiger partial charge in [-0.25, -0.2) is 4.79 Å². The molecule has 1 atom stereocenters. The van der Waals surface area contributed by atoms with Gasteiger partial charge in [-0.15, -0.1) is 0 Å². The molecule has 1 aromatic carbocycles. The molecule has 2 fully saturated rings. The quantitative estimate of drug-likeness (QED) is 0.376. The monoisotopic (exact) mass is 458 g/mol. The van der Waals surface area contributed by atoms with Crippen LogP contribution in [0.5, 0.6) is 0 Å². The minimum Gasteiger partial charge on any atom is -0.337 e. The average Bonchev–Trinajstić information content (AvgIpc) is 3.02. The number of rotatable bonds is 7. The summed E-state index contributed by atoms with van der Waals surface area (Å²) in [5, 5.41) is 13.9. The first-order valence-electron chi connectivity index (χ1n) is 11.6. The second-order valence-corrected chi connectivity index (χ2v) is 10.1. The first-order chi connectivity index (χ1) is 15.4. The molecule has 1 N–H and O–H groups in total. The molecule has 0 bridgehead atoms. The van der Waals surface area contributed by atoms with Crippen LogP contribution in [0.15, 0.2) is 24.3 Å². The van der Waals surface area contributed by atoms with Crippen LogP contribution >= 0.6 is 0 Å². The summed E-state index contributed by atoms with van der Waals surface area (Å²) in [4.78, 5) is 51.8. The number of hydrogen-bond acceptors (Lipinski definition) is 5. The molecule has 1 aliphatic carbocycles. The van der Waals surface area contributed by atoms with Crippen molar-refractivity contribution in [3.63, 3.8) is 0 Å². The summed E-state index contributed by atoms with van der Waals surface area (Å²) in [5.41, 5.74) is -0.181. The van der Waals surface area contributed by atoms with Crippen molar-refractivity contribution in [2.24, 2.45) is 11.3 Å². The number of imide groups is 1. The first kappa shape index (κ1) is 24.7. The molecule has 1 saturated heterocycles. The van der Waals surface area contributed by atoms with Gasteiger partial charge in [0.05, 0.1) is 11.0 Å². The van der Waals surface area contributed by atoms with Gasteiger partial charge in [-0.3, -0.25) is 24.6 Å². The summed E-state index contributed by atoms with van der Waals surface area (Å²) >= 11 is 0. The molecule has 9 nitrogen and oxygen atoms in total. The van der Waals surface area contributed by atoms with E-state index in [-0.39, 0.29) is 23.6 Å². The van der Waals surface area contributed by atoms with Crippen molar-refractivity contribution < 1.29 is 19.3 Å². The van der Waals surface area contributed by atoms with Gasteiger partial charge in [-0.2, -0.15) is 0 Å². The largest absolute Gasteiger partial charge is 0.337 e. The van der Waals surface area contributed by atoms with Gasteiger partial charge in [0.25, 0.3) is 11.6 Å². The summed E-state index contributed by atoms with van der Waals surface area (Å²) in [6.45, 7) is 8.06. The molecule has 33 heavy (non-hydrogen) atoms. The van der Waals surface area contributed by atoms with Gasteiger partial charge < -0.3 is 10.2 Å². The molecular weight excluding hydrogens is 424 g/mol. The SMILES string of the molecule is CCC(C)(C)C1CCC2(CC1)NC(=O)N(CC(=O)N(C)C(C)c1cccc([N+](=O)[O-])c1)C2=O. The minimum absolute atomic E-state index is 0.0573. The predicted molar refractivity (Wildman–Crippen MR) is 123 cm³/mol. The van der Waals surface area contributed by atoms with Crippen molar-refractivity contribution in [1.82, 2.24) is 15.1 Å². The van der Waals surface area contributed by atoms with Crippen LogP contribution in [0.2, 0.25) is 0 Å². The smallest absolute Gasteiger partial charge is 0.325 e. The fraction of sp³-hybridized carbons (Fsp3) is 0.625. The Bertz CT molecular complexity index is 952. The predicted octanol–water partition coefficient (Wildman–Crippen LogP) is 4.03. The Morgan fingerprint density at radius 1 is 1.33 bits per heavy atom. The van der Waals surface area contributed by atoms with Crippen LogP contribution < -0.4 is 5.32 Å². The van der Waals surface area contributed by atoms with Crippen LogP contribution in [0, 0.1) is 21.4 Å². The van der Waals surface area contributed by atoms with Gasteiger partial charge >= 0.3 is 6.03 Å². The number of amides is 4. The highest BCUT2D eigenvalue weighted by atomic mass is 16.6. The molecule has 0 radical (unpaired) electrons. The molecule has 1 heterocycles. The fourth-order valence-corrected chi connectivity index (χ4v) is 4.92. The number of urea groups is 1. The maximum absolute atomic E-state index is 13.2. The highest BCUT2D eigenvalue weighted by Gasteiger charge is 2.53. The molecule has 180 valence electrons. The summed E-state index contributed by atoms with van der Waals surface area (Å²) in [5.74, 6) is -0.240. The molecule has 4 amide bonds. The third-order valence-corrected chi connectivity index (χ3v) is 7.93. The number of non-ortho nitro benzene ring substituents is 1. The van der Waals surface area contributed by atoms with Crippen molar-refractivity contribution in [1.29, 1.82) is 0 Å². The number of carbonyl (C=O) groups is 3. The van der Waals surface area contributed by atoms with E-state index in [1.165, 1.54) is 17.0 Å². The molecule has 1 aliphatic heterocycles. The second-order valence-electron chi connectivity index (χ2n) is 10.1.